The van der Waals surface area contributed by atoms with Gasteiger partial charge in [-0.05, 0) is 38.0 Å². The molecule has 0 radical (unpaired) electrons. The quantitative estimate of drug-likeness (QED) is 0.759. The van der Waals surface area contributed by atoms with Crippen LogP contribution in [0.25, 0.3) is 0 Å². The molecule has 2 aliphatic carbocycles. The lowest BCUT2D eigenvalue weighted by Crippen LogP contribution is -2.41. The molecule has 0 amide bonds. The van der Waals surface area contributed by atoms with Gasteiger partial charge in [-0.25, -0.2) is 13.1 Å². The van der Waals surface area contributed by atoms with Crippen molar-refractivity contribution < 1.29 is 8.42 Å². The number of hydrogen-bond donors (Lipinski definition) is 2. The zero-order valence-corrected chi connectivity index (χ0v) is 10.5. The Hall–Kier alpha value is -0.130. The minimum Gasteiger partial charge on any atom is -0.328 e. The second-order valence-corrected chi connectivity index (χ2v) is 7.15. The van der Waals surface area contributed by atoms with E-state index in [0.29, 0.717) is 11.7 Å². The van der Waals surface area contributed by atoms with Crippen LogP contribution in [-0.4, -0.2) is 26.3 Å². The number of sulfonamides is 1. The molecule has 0 aliphatic heterocycles. The summed E-state index contributed by atoms with van der Waals surface area (Å²) in [6.07, 6.45) is 6.93. The van der Waals surface area contributed by atoms with E-state index in [2.05, 4.69) is 4.72 Å². The maximum absolute atomic E-state index is 11.8. The van der Waals surface area contributed by atoms with Crippen molar-refractivity contribution in [2.24, 2.45) is 11.7 Å². The third kappa shape index (κ3) is 4.03. The first-order chi connectivity index (χ1) is 7.55. The molecule has 0 atom stereocenters. The van der Waals surface area contributed by atoms with Crippen LogP contribution in [0.15, 0.2) is 0 Å². The zero-order valence-electron chi connectivity index (χ0n) is 9.69. The van der Waals surface area contributed by atoms with Gasteiger partial charge in [0.05, 0.1) is 5.75 Å². The van der Waals surface area contributed by atoms with Crippen molar-refractivity contribution in [1.29, 1.82) is 0 Å². The molecule has 4 nitrogen and oxygen atoms in total. The molecule has 2 rings (SSSR count). The highest BCUT2D eigenvalue weighted by molar-refractivity contribution is 7.89. The maximum atomic E-state index is 11.8. The van der Waals surface area contributed by atoms with Gasteiger partial charge in [-0.3, -0.25) is 0 Å². The van der Waals surface area contributed by atoms with E-state index < -0.39 is 10.0 Å². The molecule has 0 aromatic carbocycles. The zero-order chi connectivity index (χ0) is 11.6. The molecule has 0 spiro atoms. The van der Waals surface area contributed by atoms with Crippen LogP contribution < -0.4 is 10.5 Å². The Bertz CT molecular complexity index is 317. The van der Waals surface area contributed by atoms with Crippen molar-refractivity contribution in [2.75, 3.05) is 5.75 Å². The second kappa shape index (κ2) is 5.02. The van der Waals surface area contributed by atoms with Gasteiger partial charge in [0.25, 0.3) is 0 Å². The first-order valence-corrected chi connectivity index (χ1v) is 7.96. The van der Waals surface area contributed by atoms with Gasteiger partial charge >= 0.3 is 0 Å². The molecule has 0 saturated heterocycles. The van der Waals surface area contributed by atoms with Crippen LogP contribution in [0.1, 0.15) is 44.9 Å². The highest BCUT2D eigenvalue weighted by Crippen LogP contribution is 2.32. The summed E-state index contributed by atoms with van der Waals surface area (Å²) >= 11 is 0. The monoisotopic (exact) mass is 246 g/mol. The molecule has 3 N–H and O–H groups in total. The molecule has 94 valence electrons. The molecule has 2 fully saturated rings. The number of rotatable bonds is 5. The van der Waals surface area contributed by atoms with E-state index in [9.17, 15) is 8.42 Å². The molecular weight excluding hydrogens is 224 g/mol. The van der Waals surface area contributed by atoms with Crippen LogP contribution in [0.5, 0.6) is 0 Å². The van der Waals surface area contributed by atoms with Crippen LogP contribution in [0.3, 0.4) is 0 Å². The predicted octanol–water partition coefficient (Wildman–Crippen LogP) is 0.976. The lowest BCUT2D eigenvalue weighted by atomic mass is 9.93. The fourth-order valence-electron chi connectivity index (χ4n) is 2.28. The number of nitrogens with two attached hydrogens (primary N) is 1. The molecular formula is C11H22N2O2S. The Balaban J connectivity index is 1.73. The van der Waals surface area contributed by atoms with E-state index in [4.69, 9.17) is 5.73 Å². The Morgan fingerprint density at radius 1 is 1.06 bits per heavy atom. The van der Waals surface area contributed by atoms with E-state index in [1.54, 1.807) is 0 Å². The van der Waals surface area contributed by atoms with E-state index in [-0.39, 0.29) is 12.1 Å². The highest BCUT2D eigenvalue weighted by Gasteiger charge is 2.26. The fraction of sp³-hybridized carbons (Fsp3) is 1.00. The Kier molecular flexibility index (Phi) is 3.87. The molecule has 5 heteroatoms. The van der Waals surface area contributed by atoms with Crippen molar-refractivity contribution in [3.63, 3.8) is 0 Å². The SMILES string of the molecule is NC1CCC(NS(=O)(=O)CCC2CC2)CC1. The third-order valence-electron chi connectivity index (χ3n) is 3.61. The summed E-state index contributed by atoms with van der Waals surface area (Å²) in [6.45, 7) is 0. The average molecular weight is 246 g/mol. The van der Waals surface area contributed by atoms with Crippen molar-refractivity contribution in [3.8, 4) is 0 Å². The summed E-state index contributed by atoms with van der Waals surface area (Å²) in [5, 5.41) is 0. The Labute approximate surface area is 98.0 Å². The second-order valence-electron chi connectivity index (χ2n) is 5.28. The van der Waals surface area contributed by atoms with Crippen molar-refractivity contribution >= 4 is 10.0 Å². The molecule has 0 bridgehead atoms. The molecule has 0 unspecified atom stereocenters. The molecule has 2 aliphatic rings. The van der Waals surface area contributed by atoms with Gasteiger partial charge in [-0.2, -0.15) is 0 Å². The topological polar surface area (TPSA) is 72.2 Å². The maximum Gasteiger partial charge on any atom is 0.211 e. The lowest BCUT2D eigenvalue weighted by Gasteiger charge is -2.26. The third-order valence-corrected chi connectivity index (χ3v) is 5.08. The van der Waals surface area contributed by atoms with Crippen molar-refractivity contribution in [3.05, 3.63) is 0 Å². The van der Waals surface area contributed by atoms with Gasteiger partial charge in [-0.15, -0.1) is 0 Å². The molecule has 16 heavy (non-hydrogen) atoms. The summed E-state index contributed by atoms with van der Waals surface area (Å²) in [7, 11) is -3.04. The Morgan fingerprint density at radius 2 is 1.69 bits per heavy atom. The standard InChI is InChI=1S/C11H22N2O2S/c12-10-3-5-11(6-4-10)13-16(14,15)8-7-9-1-2-9/h9-11,13H,1-8,12H2. The number of nitrogens with one attached hydrogen (secondary N) is 1. The van der Waals surface area contributed by atoms with Crippen molar-refractivity contribution in [1.82, 2.24) is 4.72 Å². The van der Waals surface area contributed by atoms with Crippen LogP contribution >= 0.6 is 0 Å². The minimum absolute atomic E-state index is 0.129. The van der Waals surface area contributed by atoms with Crippen LogP contribution in [0, 0.1) is 5.92 Å². The number of hydrogen-bond acceptors (Lipinski definition) is 3. The highest BCUT2D eigenvalue weighted by atomic mass is 32.2. The van der Waals surface area contributed by atoms with E-state index in [0.717, 1.165) is 32.1 Å². The smallest absolute Gasteiger partial charge is 0.211 e. The van der Waals surface area contributed by atoms with Gasteiger partial charge in [0.1, 0.15) is 0 Å². The van der Waals surface area contributed by atoms with E-state index >= 15 is 0 Å². The molecule has 0 aromatic rings. The normalized spacial score (nSPS) is 31.6. The first kappa shape index (κ1) is 12.3. The van der Waals surface area contributed by atoms with Gasteiger partial charge in [0, 0.05) is 12.1 Å². The van der Waals surface area contributed by atoms with Gasteiger partial charge < -0.3 is 5.73 Å². The van der Waals surface area contributed by atoms with Gasteiger partial charge in [0.15, 0.2) is 0 Å². The van der Waals surface area contributed by atoms with E-state index in [1.165, 1.54) is 12.8 Å². The van der Waals surface area contributed by atoms with Crippen LogP contribution in [0.4, 0.5) is 0 Å². The van der Waals surface area contributed by atoms with Gasteiger partial charge in [-0.1, -0.05) is 12.8 Å². The summed E-state index contributed by atoms with van der Waals surface area (Å²) < 4.78 is 26.4. The average Bonchev–Trinajstić information content (AvgIpc) is 3.02. The predicted molar refractivity (Wildman–Crippen MR) is 64.5 cm³/mol. The van der Waals surface area contributed by atoms with Crippen LogP contribution in [-0.2, 0) is 10.0 Å². The van der Waals surface area contributed by atoms with Crippen LogP contribution in [0.2, 0.25) is 0 Å². The first-order valence-electron chi connectivity index (χ1n) is 6.31. The summed E-state index contributed by atoms with van der Waals surface area (Å²) in [6, 6.07) is 0.399. The molecule has 0 heterocycles. The minimum atomic E-state index is -3.04. The fourth-order valence-corrected chi connectivity index (χ4v) is 3.78. The largest absolute Gasteiger partial charge is 0.328 e. The molecule has 2 saturated carbocycles. The van der Waals surface area contributed by atoms with Gasteiger partial charge in [0.2, 0.25) is 10.0 Å². The lowest BCUT2D eigenvalue weighted by molar-refractivity contribution is 0.373. The molecule has 0 aromatic heterocycles. The summed E-state index contributed by atoms with van der Waals surface area (Å²) in [4.78, 5) is 0. The van der Waals surface area contributed by atoms with Crippen molar-refractivity contribution in [2.45, 2.75) is 57.0 Å². The summed E-state index contributed by atoms with van der Waals surface area (Å²) in [5.41, 5.74) is 5.79. The summed E-state index contributed by atoms with van der Waals surface area (Å²) in [5.74, 6) is 0.983. The van der Waals surface area contributed by atoms with E-state index in [1.807, 2.05) is 0 Å². The Morgan fingerprint density at radius 3 is 2.25 bits per heavy atom.